The Kier molecular flexibility index (Phi) is 6.84. The van der Waals surface area contributed by atoms with Crippen LogP contribution in [0.4, 0.5) is 0 Å². The SMILES string of the molecule is CCC1(CNC(C)C(=O)NCCC(C)C)CCCC1. The number of carbonyl (C=O) groups is 1. The Labute approximate surface area is 118 Å². The molecule has 2 N–H and O–H groups in total. The van der Waals surface area contributed by atoms with Crippen LogP contribution in [0.15, 0.2) is 0 Å². The maximum atomic E-state index is 11.9. The van der Waals surface area contributed by atoms with Gasteiger partial charge in [0.05, 0.1) is 6.04 Å². The zero-order chi connectivity index (χ0) is 14.3. The second-order valence-electron chi connectivity index (χ2n) is 6.64. The lowest BCUT2D eigenvalue weighted by atomic mass is 9.83. The normalized spacial score (nSPS) is 19.6. The van der Waals surface area contributed by atoms with E-state index in [-0.39, 0.29) is 11.9 Å². The summed E-state index contributed by atoms with van der Waals surface area (Å²) in [5.74, 6) is 0.787. The highest BCUT2D eigenvalue weighted by Gasteiger charge is 2.32. The molecule has 0 heterocycles. The number of carbonyl (C=O) groups excluding carboxylic acids is 1. The zero-order valence-electron chi connectivity index (χ0n) is 13.2. The largest absolute Gasteiger partial charge is 0.355 e. The van der Waals surface area contributed by atoms with Gasteiger partial charge < -0.3 is 10.6 Å². The maximum Gasteiger partial charge on any atom is 0.236 e. The van der Waals surface area contributed by atoms with Gasteiger partial charge in [-0.3, -0.25) is 4.79 Å². The Morgan fingerprint density at radius 2 is 1.84 bits per heavy atom. The molecule has 1 unspecified atom stereocenters. The van der Waals surface area contributed by atoms with Gasteiger partial charge in [-0.1, -0.05) is 33.6 Å². The molecule has 3 nitrogen and oxygen atoms in total. The second kappa shape index (κ2) is 7.88. The van der Waals surface area contributed by atoms with E-state index in [9.17, 15) is 4.79 Å². The smallest absolute Gasteiger partial charge is 0.236 e. The molecule has 3 heteroatoms. The van der Waals surface area contributed by atoms with Crippen LogP contribution in [0.3, 0.4) is 0 Å². The summed E-state index contributed by atoms with van der Waals surface area (Å²) in [7, 11) is 0. The molecule has 1 saturated carbocycles. The van der Waals surface area contributed by atoms with E-state index >= 15 is 0 Å². The van der Waals surface area contributed by atoms with Gasteiger partial charge in [-0.05, 0) is 43.9 Å². The number of amides is 1. The Bertz CT molecular complexity index is 270. The van der Waals surface area contributed by atoms with Gasteiger partial charge in [0.25, 0.3) is 0 Å². The van der Waals surface area contributed by atoms with Crippen molar-refractivity contribution in [3.8, 4) is 0 Å². The van der Waals surface area contributed by atoms with E-state index in [1.54, 1.807) is 0 Å². The average Bonchev–Trinajstić information content (AvgIpc) is 2.84. The van der Waals surface area contributed by atoms with E-state index in [1.165, 1.54) is 32.1 Å². The lowest BCUT2D eigenvalue weighted by molar-refractivity contribution is -0.122. The van der Waals surface area contributed by atoms with Crippen LogP contribution in [-0.2, 0) is 4.79 Å². The second-order valence-corrected chi connectivity index (χ2v) is 6.64. The van der Waals surface area contributed by atoms with Gasteiger partial charge in [-0.25, -0.2) is 0 Å². The molecule has 1 amide bonds. The van der Waals surface area contributed by atoms with Crippen LogP contribution >= 0.6 is 0 Å². The summed E-state index contributed by atoms with van der Waals surface area (Å²) in [4.78, 5) is 11.9. The first-order chi connectivity index (χ1) is 8.99. The molecule has 19 heavy (non-hydrogen) atoms. The van der Waals surface area contributed by atoms with Crippen LogP contribution in [0.1, 0.15) is 66.2 Å². The highest BCUT2D eigenvalue weighted by Crippen LogP contribution is 2.40. The standard InChI is InChI=1S/C16H32N2O/c1-5-16(9-6-7-10-16)12-18-14(4)15(19)17-11-8-13(2)3/h13-14,18H,5-12H2,1-4H3,(H,17,19). The molecule has 1 fully saturated rings. The van der Waals surface area contributed by atoms with Crippen LogP contribution in [0.25, 0.3) is 0 Å². The van der Waals surface area contributed by atoms with Crippen LogP contribution in [-0.4, -0.2) is 25.0 Å². The fourth-order valence-corrected chi connectivity index (χ4v) is 2.88. The van der Waals surface area contributed by atoms with Crippen molar-refractivity contribution in [1.29, 1.82) is 0 Å². The van der Waals surface area contributed by atoms with E-state index in [0.717, 1.165) is 19.5 Å². The number of hydrogen-bond acceptors (Lipinski definition) is 2. The van der Waals surface area contributed by atoms with Gasteiger partial charge in [0.1, 0.15) is 0 Å². The molecular weight excluding hydrogens is 236 g/mol. The molecule has 1 atom stereocenters. The predicted molar refractivity (Wildman–Crippen MR) is 81.1 cm³/mol. The summed E-state index contributed by atoms with van der Waals surface area (Å²) < 4.78 is 0. The van der Waals surface area contributed by atoms with Crippen LogP contribution in [0.5, 0.6) is 0 Å². The molecule has 0 aliphatic heterocycles. The van der Waals surface area contributed by atoms with Gasteiger partial charge in [0.2, 0.25) is 5.91 Å². The minimum Gasteiger partial charge on any atom is -0.355 e. The lowest BCUT2D eigenvalue weighted by Gasteiger charge is -2.29. The fraction of sp³-hybridized carbons (Fsp3) is 0.938. The molecule has 0 spiro atoms. The van der Waals surface area contributed by atoms with Crippen molar-refractivity contribution >= 4 is 5.91 Å². The first-order valence-electron chi connectivity index (χ1n) is 8.00. The van der Waals surface area contributed by atoms with Gasteiger partial charge >= 0.3 is 0 Å². The van der Waals surface area contributed by atoms with E-state index in [0.29, 0.717) is 11.3 Å². The third kappa shape index (κ3) is 5.52. The Balaban J connectivity index is 2.25. The summed E-state index contributed by atoms with van der Waals surface area (Å²) in [6, 6.07) is -0.0730. The molecule has 0 aromatic carbocycles. The number of rotatable bonds is 8. The highest BCUT2D eigenvalue weighted by molar-refractivity contribution is 5.81. The van der Waals surface area contributed by atoms with Crippen molar-refractivity contribution < 1.29 is 4.79 Å². The Hall–Kier alpha value is -0.570. The predicted octanol–water partition coefficient (Wildman–Crippen LogP) is 3.10. The molecule has 1 aliphatic rings. The van der Waals surface area contributed by atoms with Crippen molar-refractivity contribution in [3.05, 3.63) is 0 Å². The van der Waals surface area contributed by atoms with Gasteiger partial charge in [-0.2, -0.15) is 0 Å². The topological polar surface area (TPSA) is 41.1 Å². The number of hydrogen-bond donors (Lipinski definition) is 2. The summed E-state index contributed by atoms with van der Waals surface area (Å²) in [5.41, 5.74) is 0.451. The summed E-state index contributed by atoms with van der Waals surface area (Å²) in [5, 5.41) is 6.46. The molecule has 0 aromatic rings. The molecule has 112 valence electrons. The summed E-state index contributed by atoms with van der Waals surface area (Å²) >= 11 is 0. The average molecular weight is 268 g/mol. The van der Waals surface area contributed by atoms with Crippen LogP contribution in [0, 0.1) is 11.3 Å². The molecule has 0 saturated heterocycles. The van der Waals surface area contributed by atoms with E-state index in [1.807, 2.05) is 6.92 Å². The molecule has 1 aliphatic carbocycles. The van der Waals surface area contributed by atoms with Crippen molar-refractivity contribution in [1.82, 2.24) is 10.6 Å². The van der Waals surface area contributed by atoms with Crippen molar-refractivity contribution in [2.45, 2.75) is 72.3 Å². The van der Waals surface area contributed by atoms with Gasteiger partial charge in [0, 0.05) is 13.1 Å². The Morgan fingerprint density at radius 3 is 2.37 bits per heavy atom. The quantitative estimate of drug-likeness (QED) is 0.710. The van der Waals surface area contributed by atoms with Crippen molar-refractivity contribution in [2.24, 2.45) is 11.3 Å². The van der Waals surface area contributed by atoms with Crippen molar-refractivity contribution in [2.75, 3.05) is 13.1 Å². The minimum atomic E-state index is -0.0730. The fourth-order valence-electron chi connectivity index (χ4n) is 2.88. The Morgan fingerprint density at radius 1 is 1.21 bits per heavy atom. The molecule has 1 rings (SSSR count). The lowest BCUT2D eigenvalue weighted by Crippen LogP contribution is -2.46. The first kappa shape index (κ1) is 16.5. The first-order valence-corrected chi connectivity index (χ1v) is 8.00. The van der Waals surface area contributed by atoms with Gasteiger partial charge in [-0.15, -0.1) is 0 Å². The van der Waals surface area contributed by atoms with Crippen LogP contribution in [0.2, 0.25) is 0 Å². The molecule has 0 radical (unpaired) electrons. The third-order valence-corrected chi connectivity index (χ3v) is 4.61. The van der Waals surface area contributed by atoms with E-state index in [4.69, 9.17) is 0 Å². The van der Waals surface area contributed by atoms with Crippen molar-refractivity contribution in [3.63, 3.8) is 0 Å². The third-order valence-electron chi connectivity index (χ3n) is 4.61. The minimum absolute atomic E-state index is 0.0730. The molecular formula is C16H32N2O. The molecule has 0 aromatic heterocycles. The summed E-state index contributed by atoms with van der Waals surface area (Å²) in [6.45, 7) is 10.4. The monoisotopic (exact) mass is 268 g/mol. The maximum absolute atomic E-state index is 11.9. The van der Waals surface area contributed by atoms with Gasteiger partial charge in [0.15, 0.2) is 0 Å². The summed E-state index contributed by atoms with van der Waals surface area (Å²) in [6.07, 6.45) is 7.62. The zero-order valence-corrected chi connectivity index (χ0v) is 13.2. The highest BCUT2D eigenvalue weighted by atomic mass is 16.2. The van der Waals surface area contributed by atoms with E-state index in [2.05, 4.69) is 31.4 Å². The van der Waals surface area contributed by atoms with Crippen LogP contribution < -0.4 is 10.6 Å². The number of nitrogens with one attached hydrogen (secondary N) is 2. The molecule has 0 bridgehead atoms. The van der Waals surface area contributed by atoms with E-state index < -0.39 is 0 Å².